The summed E-state index contributed by atoms with van der Waals surface area (Å²) in [5.74, 6) is 0.262. The first kappa shape index (κ1) is 20.3. The maximum absolute atomic E-state index is 12.4. The Bertz CT molecular complexity index is 740. The number of rotatable bonds is 10. The van der Waals surface area contributed by atoms with Crippen molar-refractivity contribution in [2.24, 2.45) is 0 Å². The van der Waals surface area contributed by atoms with Gasteiger partial charge in [-0.2, -0.15) is 0 Å². The Kier molecular flexibility index (Phi) is 7.67. The molecule has 0 unspecified atom stereocenters. The van der Waals surface area contributed by atoms with Gasteiger partial charge in [0.1, 0.15) is 11.5 Å². The van der Waals surface area contributed by atoms with E-state index in [2.05, 4.69) is 6.92 Å². The maximum atomic E-state index is 12.4. The number of ether oxygens (including phenoxy) is 2. The number of aliphatic carboxylic acids is 1. The van der Waals surface area contributed by atoms with E-state index in [0.29, 0.717) is 25.2 Å². The minimum Gasteiger partial charge on any atom is -0.494 e. The van der Waals surface area contributed by atoms with E-state index in [1.807, 2.05) is 24.3 Å². The van der Waals surface area contributed by atoms with Gasteiger partial charge in [0.25, 0.3) is 0 Å². The Morgan fingerprint density at radius 2 is 1.56 bits per heavy atom. The summed E-state index contributed by atoms with van der Waals surface area (Å²) in [6.45, 7) is 2.37. The Balaban J connectivity index is 1.85. The Morgan fingerprint density at radius 1 is 0.963 bits per heavy atom. The van der Waals surface area contributed by atoms with Gasteiger partial charge < -0.3 is 19.5 Å². The van der Waals surface area contributed by atoms with Crippen LogP contribution in [-0.4, -0.2) is 37.2 Å². The quantitative estimate of drug-likeness (QED) is 0.691. The number of benzene rings is 2. The molecule has 0 aromatic heterocycles. The van der Waals surface area contributed by atoms with E-state index in [-0.39, 0.29) is 5.91 Å². The second kappa shape index (κ2) is 10.2. The predicted molar refractivity (Wildman–Crippen MR) is 104 cm³/mol. The van der Waals surface area contributed by atoms with E-state index in [9.17, 15) is 9.59 Å². The molecule has 2 aromatic carbocycles. The second-order valence-electron chi connectivity index (χ2n) is 6.12. The summed E-state index contributed by atoms with van der Waals surface area (Å²) in [4.78, 5) is 24.5. The number of hydrogen-bond acceptors (Lipinski definition) is 4. The van der Waals surface area contributed by atoms with E-state index in [4.69, 9.17) is 14.6 Å². The third-order valence-electron chi connectivity index (χ3n) is 3.98. The Labute approximate surface area is 159 Å². The van der Waals surface area contributed by atoms with Crippen LogP contribution in [0.4, 0.5) is 5.69 Å². The SMILES string of the molecule is CCCOc1ccc(CCC(=O)N(C)c2ccc(OCC(=O)O)cc2)cc1. The number of carbonyl (C=O) groups excluding carboxylic acids is 1. The lowest BCUT2D eigenvalue weighted by Gasteiger charge is -2.18. The highest BCUT2D eigenvalue weighted by Gasteiger charge is 2.11. The van der Waals surface area contributed by atoms with Crippen molar-refractivity contribution in [1.82, 2.24) is 0 Å². The summed E-state index contributed by atoms with van der Waals surface area (Å²) < 4.78 is 10.6. The predicted octanol–water partition coefficient (Wildman–Crippen LogP) is 3.53. The van der Waals surface area contributed by atoms with Crippen molar-refractivity contribution in [3.8, 4) is 11.5 Å². The van der Waals surface area contributed by atoms with Crippen molar-refractivity contribution in [2.45, 2.75) is 26.2 Å². The minimum absolute atomic E-state index is 0.000476. The fourth-order valence-corrected chi connectivity index (χ4v) is 2.45. The summed E-state index contributed by atoms with van der Waals surface area (Å²) in [6.07, 6.45) is 2.01. The van der Waals surface area contributed by atoms with Crippen molar-refractivity contribution in [2.75, 3.05) is 25.2 Å². The molecule has 2 aromatic rings. The smallest absolute Gasteiger partial charge is 0.341 e. The molecule has 0 aliphatic heterocycles. The standard InChI is InChI=1S/C21H25NO5/c1-3-14-26-18-9-4-16(5-10-18)6-13-20(23)22(2)17-7-11-19(12-8-17)27-15-21(24)25/h4-5,7-12H,3,6,13-15H2,1-2H3,(H,24,25). The van der Waals surface area contributed by atoms with Crippen LogP contribution in [0.3, 0.4) is 0 Å². The van der Waals surface area contributed by atoms with Crippen molar-refractivity contribution in [1.29, 1.82) is 0 Å². The van der Waals surface area contributed by atoms with Gasteiger partial charge >= 0.3 is 5.97 Å². The molecule has 0 bridgehead atoms. The summed E-state index contributed by atoms with van der Waals surface area (Å²) >= 11 is 0. The highest BCUT2D eigenvalue weighted by atomic mass is 16.5. The van der Waals surface area contributed by atoms with Gasteiger partial charge in [-0.05, 0) is 54.8 Å². The monoisotopic (exact) mass is 371 g/mol. The van der Waals surface area contributed by atoms with Crippen LogP contribution < -0.4 is 14.4 Å². The number of nitrogens with zero attached hydrogens (tertiary/aromatic N) is 1. The summed E-state index contributed by atoms with van der Waals surface area (Å²) in [6, 6.07) is 14.6. The van der Waals surface area contributed by atoms with Crippen molar-refractivity contribution < 1.29 is 24.2 Å². The highest BCUT2D eigenvalue weighted by molar-refractivity contribution is 5.92. The normalized spacial score (nSPS) is 10.3. The van der Waals surface area contributed by atoms with Crippen LogP contribution in [0.5, 0.6) is 11.5 Å². The number of amides is 1. The lowest BCUT2D eigenvalue weighted by molar-refractivity contribution is -0.139. The van der Waals surface area contributed by atoms with Crippen molar-refractivity contribution >= 4 is 17.6 Å². The summed E-state index contributed by atoms with van der Waals surface area (Å²) in [5, 5.41) is 8.61. The molecular formula is C21H25NO5. The summed E-state index contributed by atoms with van der Waals surface area (Å²) in [7, 11) is 1.72. The zero-order chi connectivity index (χ0) is 19.6. The van der Waals surface area contributed by atoms with Crippen LogP contribution in [0, 0.1) is 0 Å². The third kappa shape index (κ3) is 6.66. The van der Waals surface area contributed by atoms with Crippen LogP contribution in [0.2, 0.25) is 0 Å². The van der Waals surface area contributed by atoms with Gasteiger partial charge in [0.05, 0.1) is 6.61 Å². The van der Waals surface area contributed by atoms with Crippen LogP contribution in [0.1, 0.15) is 25.3 Å². The molecule has 0 fully saturated rings. The highest BCUT2D eigenvalue weighted by Crippen LogP contribution is 2.20. The zero-order valence-electron chi connectivity index (χ0n) is 15.7. The lowest BCUT2D eigenvalue weighted by Crippen LogP contribution is -2.26. The van der Waals surface area contributed by atoms with Crippen LogP contribution >= 0.6 is 0 Å². The third-order valence-corrected chi connectivity index (χ3v) is 3.98. The van der Waals surface area contributed by atoms with E-state index < -0.39 is 12.6 Å². The number of carbonyl (C=O) groups is 2. The maximum Gasteiger partial charge on any atom is 0.341 e. The minimum atomic E-state index is -1.03. The number of carboxylic acid groups (broad SMARTS) is 1. The average molecular weight is 371 g/mol. The lowest BCUT2D eigenvalue weighted by atomic mass is 10.1. The molecule has 6 nitrogen and oxygen atoms in total. The second-order valence-corrected chi connectivity index (χ2v) is 6.12. The van der Waals surface area contributed by atoms with E-state index >= 15 is 0 Å². The number of aryl methyl sites for hydroxylation is 1. The van der Waals surface area contributed by atoms with E-state index in [1.54, 1.807) is 36.2 Å². The molecule has 0 spiro atoms. The first-order valence-electron chi connectivity index (χ1n) is 8.92. The van der Waals surface area contributed by atoms with Crippen LogP contribution in [0.25, 0.3) is 0 Å². The Hall–Kier alpha value is -3.02. The topological polar surface area (TPSA) is 76.1 Å². The molecule has 0 aliphatic rings. The van der Waals surface area contributed by atoms with Crippen LogP contribution in [-0.2, 0) is 16.0 Å². The molecule has 6 heteroatoms. The molecule has 0 saturated heterocycles. The molecule has 0 radical (unpaired) electrons. The van der Waals surface area contributed by atoms with Crippen molar-refractivity contribution in [3.63, 3.8) is 0 Å². The number of carboxylic acids is 1. The van der Waals surface area contributed by atoms with Gasteiger partial charge in [0, 0.05) is 19.2 Å². The molecule has 144 valence electrons. The van der Waals surface area contributed by atoms with E-state index in [0.717, 1.165) is 23.4 Å². The largest absolute Gasteiger partial charge is 0.494 e. The molecule has 0 atom stereocenters. The van der Waals surface area contributed by atoms with Gasteiger partial charge in [-0.3, -0.25) is 4.79 Å². The van der Waals surface area contributed by atoms with Crippen molar-refractivity contribution in [3.05, 3.63) is 54.1 Å². The van der Waals surface area contributed by atoms with Crippen LogP contribution in [0.15, 0.2) is 48.5 Å². The fourth-order valence-electron chi connectivity index (χ4n) is 2.45. The Morgan fingerprint density at radius 3 is 2.15 bits per heavy atom. The van der Waals surface area contributed by atoms with Gasteiger partial charge in [0.15, 0.2) is 6.61 Å². The average Bonchev–Trinajstić information content (AvgIpc) is 2.69. The molecular weight excluding hydrogens is 346 g/mol. The zero-order valence-corrected chi connectivity index (χ0v) is 15.7. The fraction of sp³-hybridized carbons (Fsp3) is 0.333. The first-order valence-corrected chi connectivity index (χ1v) is 8.92. The van der Waals surface area contributed by atoms with E-state index in [1.165, 1.54) is 0 Å². The molecule has 27 heavy (non-hydrogen) atoms. The van der Waals surface area contributed by atoms with Gasteiger partial charge in [0.2, 0.25) is 5.91 Å². The summed E-state index contributed by atoms with van der Waals surface area (Å²) in [5.41, 5.74) is 1.81. The first-order chi connectivity index (χ1) is 13.0. The number of hydrogen-bond donors (Lipinski definition) is 1. The molecule has 0 aliphatic carbocycles. The molecule has 0 heterocycles. The van der Waals surface area contributed by atoms with Gasteiger partial charge in [-0.1, -0.05) is 19.1 Å². The molecule has 0 saturated carbocycles. The molecule has 2 rings (SSSR count). The molecule has 1 amide bonds. The van der Waals surface area contributed by atoms with Gasteiger partial charge in [-0.15, -0.1) is 0 Å². The number of anilines is 1. The molecule has 1 N–H and O–H groups in total. The van der Waals surface area contributed by atoms with Gasteiger partial charge in [-0.25, -0.2) is 4.79 Å².